The maximum Gasteiger partial charge on any atom is 0.396 e. The van der Waals surface area contributed by atoms with Crippen molar-refractivity contribution in [2.75, 3.05) is 19.6 Å². The van der Waals surface area contributed by atoms with E-state index < -0.39 is 11.6 Å². The lowest BCUT2D eigenvalue weighted by molar-refractivity contribution is -0.216. The first-order valence-electron chi connectivity index (χ1n) is 4.83. The molecule has 0 aromatic rings. The second kappa shape index (κ2) is 3.70. The lowest BCUT2D eigenvalue weighted by Crippen LogP contribution is -2.47. The van der Waals surface area contributed by atoms with Gasteiger partial charge in [-0.3, -0.25) is 4.90 Å². The van der Waals surface area contributed by atoms with Crippen LogP contribution in [0.1, 0.15) is 20.3 Å². The van der Waals surface area contributed by atoms with E-state index in [4.69, 9.17) is 5.73 Å². The van der Waals surface area contributed by atoms with Crippen LogP contribution in [0.15, 0.2) is 0 Å². The minimum absolute atomic E-state index is 0.0463. The number of nitrogens with zero attached hydrogens (tertiary/aromatic N) is 1. The molecule has 1 atom stereocenters. The number of likely N-dealkylation sites (tertiary alicyclic amines) is 1. The summed E-state index contributed by atoms with van der Waals surface area (Å²) in [4.78, 5) is 1.83. The van der Waals surface area contributed by atoms with Crippen LogP contribution in [0.4, 0.5) is 13.2 Å². The van der Waals surface area contributed by atoms with Gasteiger partial charge < -0.3 is 5.73 Å². The van der Waals surface area contributed by atoms with Crippen molar-refractivity contribution < 1.29 is 13.2 Å². The van der Waals surface area contributed by atoms with Gasteiger partial charge in [0, 0.05) is 19.1 Å². The molecule has 5 heteroatoms. The van der Waals surface area contributed by atoms with E-state index in [-0.39, 0.29) is 25.6 Å². The van der Waals surface area contributed by atoms with Crippen LogP contribution in [0.3, 0.4) is 0 Å². The molecule has 0 bridgehead atoms. The van der Waals surface area contributed by atoms with Gasteiger partial charge in [0.05, 0.1) is 5.41 Å². The zero-order chi connectivity index (χ0) is 11.0. The second-order valence-corrected chi connectivity index (χ2v) is 4.30. The lowest BCUT2D eigenvalue weighted by Gasteiger charge is -2.31. The Morgan fingerprint density at radius 3 is 2.21 bits per heavy atom. The van der Waals surface area contributed by atoms with Crippen molar-refractivity contribution in [3.8, 4) is 0 Å². The van der Waals surface area contributed by atoms with Gasteiger partial charge >= 0.3 is 6.18 Å². The highest BCUT2D eigenvalue weighted by molar-refractivity contribution is 4.96. The Hall–Kier alpha value is -0.290. The molecular formula is C9H17F3N2. The van der Waals surface area contributed by atoms with E-state index >= 15 is 0 Å². The van der Waals surface area contributed by atoms with Gasteiger partial charge in [0.1, 0.15) is 0 Å². The predicted molar refractivity (Wildman–Crippen MR) is 48.9 cm³/mol. The first-order valence-corrected chi connectivity index (χ1v) is 4.83. The Morgan fingerprint density at radius 2 is 2.00 bits per heavy atom. The fourth-order valence-corrected chi connectivity index (χ4v) is 1.86. The fraction of sp³-hybridized carbons (Fsp3) is 1.00. The first-order chi connectivity index (χ1) is 6.32. The van der Waals surface area contributed by atoms with Crippen molar-refractivity contribution in [2.45, 2.75) is 32.5 Å². The standard InChI is InChI=1S/C9H17F3N2/c1-7(2)14-4-3-8(5-13,6-14)9(10,11)12/h7H,3-6,13H2,1-2H3. The summed E-state index contributed by atoms with van der Waals surface area (Å²) in [6, 6.07) is 0.158. The minimum Gasteiger partial charge on any atom is -0.330 e. The number of nitrogens with two attached hydrogens (primary N) is 1. The molecule has 1 fully saturated rings. The fourth-order valence-electron chi connectivity index (χ4n) is 1.86. The highest BCUT2D eigenvalue weighted by atomic mass is 19.4. The molecule has 0 spiro atoms. The van der Waals surface area contributed by atoms with E-state index in [1.54, 1.807) is 0 Å². The van der Waals surface area contributed by atoms with Crippen molar-refractivity contribution in [2.24, 2.45) is 11.1 Å². The van der Waals surface area contributed by atoms with Crippen molar-refractivity contribution in [3.05, 3.63) is 0 Å². The van der Waals surface area contributed by atoms with Gasteiger partial charge in [-0.1, -0.05) is 0 Å². The highest BCUT2D eigenvalue weighted by Crippen LogP contribution is 2.44. The average Bonchev–Trinajstić information content (AvgIpc) is 2.47. The summed E-state index contributed by atoms with van der Waals surface area (Å²) in [5, 5.41) is 0. The minimum atomic E-state index is -4.18. The summed E-state index contributed by atoms with van der Waals surface area (Å²) < 4.78 is 38.2. The SMILES string of the molecule is CC(C)N1CCC(CN)(C(F)(F)F)C1. The molecule has 0 saturated carbocycles. The molecule has 1 saturated heterocycles. The zero-order valence-electron chi connectivity index (χ0n) is 8.56. The van der Waals surface area contributed by atoms with E-state index in [1.165, 1.54) is 0 Å². The third-order valence-corrected chi connectivity index (χ3v) is 3.11. The molecule has 1 aliphatic rings. The molecule has 0 aliphatic carbocycles. The average molecular weight is 210 g/mol. The van der Waals surface area contributed by atoms with Crippen LogP contribution in [-0.2, 0) is 0 Å². The van der Waals surface area contributed by atoms with Crippen LogP contribution in [0, 0.1) is 5.41 Å². The maximum absolute atomic E-state index is 12.7. The molecule has 0 radical (unpaired) electrons. The van der Waals surface area contributed by atoms with E-state index in [0.29, 0.717) is 6.54 Å². The quantitative estimate of drug-likeness (QED) is 0.750. The third kappa shape index (κ3) is 1.88. The molecule has 2 N–H and O–H groups in total. The van der Waals surface area contributed by atoms with Gasteiger partial charge in [0.15, 0.2) is 0 Å². The Labute approximate surface area is 82.2 Å². The molecule has 1 rings (SSSR count). The number of alkyl halides is 3. The largest absolute Gasteiger partial charge is 0.396 e. The van der Waals surface area contributed by atoms with Crippen LogP contribution in [-0.4, -0.2) is 36.8 Å². The summed E-state index contributed by atoms with van der Waals surface area (Å²) >= 11 is 0. The van der Waals surface area contributed by atoms with Crippen LogP contribution < -0.4 is 5.73 Å². The monoisotopic (exact) mass is 210 g/mol. The van der Waals surface area contributed by atoms with Gasteiger partial charge in [-0.15, -0.1) is 0 Å². The number of rotatable bonds is 2. The maximum atomic E-state index is 12.7. The smallest absolute Gasteiger partial charge is 0.330 e. The van der Waals surface area contributed by atoms with Crippen molar-refractivity contribution >= 4 is 0 Å². The molecule has 14 heavy (non-hydrogen) atoms. The van der Waals surface area contributed by atoms with Crippen LogP contribution in [0.25, 0.3) is 0 Å². The van der Waals surface area contributed by atoms with Crippen LogP contribution in [0.2, 0.25) is 0 Å². The highest BCUT2D eigenvalue weighted by Gasteiger charge is 2.57. The molecule has 0 aromatic heterocycles. The molecule has 1 heterocycles. The summed E-state index contributed by atoms with van der Waals surface area (Å²) in [5.41, 5.74) is 3.60. The van der Waals surface area contributed by atoms with Crippen molar-refractivity contribution in [1.82, 2.24) is 4.90 Å². The van der Waals surface area contributed by atoms with E-state index in [2.05, 4.69) is 0 Å². The lowest BCUT2D eigenvalue weighted by atomic mass is 9.86. The second-order valence-electron chi connectivity index (χ2n) is 4.30. The van der Waals surface area contributed by atoms with Gasteiger partial charge in [0.2, 0.25) is 0 Å². The van der Waals surface area contributed by atoms with Gasteiger partial charge in [0.25, 0.3) is 0 Å². The van der Waals surface area contributed by atoms with Crippen molar-refractivity contribution in [3.63, 3.8) is 0 Å². The Morgan fingerprint density at radius 1 is 1.43 bits per heavy atom. The topological polar surface area (TPSA) is 29.3 Å². The molecule has 0 aromatic carbocycles. The summed E-state index contributed by atoms with van der Waals surface area (Å²) in [5.74, 6) is 0. The zero-order valence-corrected chi connectivity index (χ0v) is 8.56. The normalized spacial score (nSPS) is 30.2. The molecule has 2 nitrogen and oxygen atoms in total. The molecular weight excluding hydrogens is 193 g/mol. The number of halogens is 3. The summed E-state index contributed by atoms with van der Waals surface area (Å²) in [7, 11) is 0. The molecule has 1 aliphatic heterocycles. The molecule has 84 valence electrons. The third-order valence-electron chi connectivity index (χ3n) is 3.11. The van der Waals surface area contributed by atoms with Crippen LogP contribution in [0.5, 0.6) is 0 Å². The first kappa shape index (κ1) is 11.8. The predicted octanol–water partition coefficient (Wildman–Crippen LogP) is 1.61. The van der Waals surface area contributed by atoms with Gasteiger partial charge in [-0.25, -0.2) is 0 Å². The van der Waals surface area contributed by atoms with Gasteiger partial charge in [-0.2, -0.15) is 13.2 Å². The summed E-state index contributed by atoms with van der Waals surface area (Å²) in [6.45, 7) is 4.05. The number of hydrogen-bond acceptors (Lipinski definition) is 2. The Bertz CT molecular complexity index is 203. The molecule has 1 unspecified atom stereocenters. The number of hydrogen-bond donors (Lipinski definition) is 1. The van der Waals surface area contributed by atoms with E-state index in [0.717, 1.165) is 0 Å². The summed E-state index contributed by atoms with van der Waals surface area (Å²) in [6.07, 6.45) is -4.05. The van der Waals surface area contributed by atoms with E-state index in [9.17, 15) is 13.2 Å². The Balaban J connectivity index is 2.77. The van der Waals surface area contributed by atoms with Crippen molar-refractivity contribution in [1.29, 1.82) is 0 Å². The van der Waals surface area contributed by atoms with E-state index in [1.807, 2.05) is 18.7 Å². The molecule has 0 amide bonds. The van der Waals surface area contributed by atoms with Gasteiger partial charge in [-0.05, 0) is 26.8 Å². The van der Waals surface area contributed by atoms with Crippen LogP contribution >= 0.6 is 0 Å². The Kier molecular flexibility index (Phi) is 3.11.